The number of thiophene rings is 1. The molecule has 0 aliphatic carbocycles. The van der Waals surface area contributed by atoms with Crippen LogP contribution in [0.4, 0.5) is 4.79 Å². The Labute approximate surface area is 199 Å². The Bertz CT molecular complexity index is 971. The van der Waals surface area contributed by atoms with Crippen molar-refractivity contribution >= 4 is 29.2 Å². The number of carbonyl (C=O) groups excluding carboxylic acids is 3. The maximum atomic E-state index is 13.7. The third kappa shape index (κ3) is 5.11. The molecule has 33 heavy (non-hydrogen) atoms. The van der Waals surface area contributed by atoms with E-state index in [-0.39, 0.29) is 30.3 Å². The molecule has 4 rings (SSSR count). The normalized spacial score (nSPS) is 21.7. The van der Waals surface area contributed by atoms with Gasteiger partial charge in [-0.2, -0.15) is 11.3 Å². The lowest BCUT2D eigenvalue weighted by Crippen LogP contribution is -2.56. The molecule has 0 unspecified atom stereocenters. The van der Waals surface area contributed by atoms with Crippen LogP contribution in [0.2, 0.25) is 0 Å². The minimum atomic E-state index is -0.904. The number of urea groups is 1. The summed E-state index contributed by atoms with van der Waals surface area (Å²) < 4.78 is 0. The minimum absolute atomic E-state index is 0.00614. The molecule has 2 aliphatic rings. The zero-order valence-corrected chi connectivity index (χ0v) is 20.1. The zero-order chi connectivity index (χ0) is 23.4. The van der Waals surface area contributed by atoms with E-state index in [1.165, 1.54) is 4.90 Å². The number of aromatic nitrogens is 1. The van der Waals surface area contributed by atoms with Crippen LogP contribution in [-0.4, -0.2) is 51.3 Å². The van der Waals surface area contributed by atoms with Gasteiger partial charge in [-0.1, -0.05) is 19.9 Å². The monoisotopic (exact) mass is 468 g/mol. The third-order valence-corrected chi connectivity index (χ3v) is 7.58. The fourth-order valence-corrected chi connectivity index (χ4v) is 5.58. The van der Waals surface area contributed by atoms with Gasteiger partial charge in [-0.25, -0.2) is 4.79 Å². The first kappa shape index (κ1) is 23.4. The van der Waals surface area contributed by atoms with Crippen LogP contribution >= 0.6 is 11.3 Å². The van der Waals surface area contributed by atoms with Crippen molar-refractivity contribution in [2.45, 2.75) is 58.0 Å². The number of amides is 4. The summed E-state index contributed by atoms with van der Waals surface area (Å²) in [6.45, 7) is 5.66. The summed E-state index contributed by atoms with van der Waals surface area (Å²) in [6, 6.07) is 7.14. The van der Waals surface area contributed by atoms with Crippen LogP contribution < -0.4 is 5.32 Å². The first-order chi connectivity index (χ1) is 15.9. The summed E-state index contributed by atoms with van der Waals surface area (Å²) in [5.41, 5.74) is 0.831. The van der Waals surface area contributed by atoms with Crippen LogP contribution in [0.25, 0.3) is 0 Å². The van der Waals surface area contributed by atoms with Gasteiger partial charge in [0, 0.05) is 19.3 Å². The number of nitrogens with zero attached hydrogens (tertiary/aromatic N) is 3. The molecule has 1 N–H and O–H groups in total. The largest absolute Gasteiger partial charge is 0.342 e. The molecule has 4 heterocycles. The summed E-state index contributed by atoms with van der Waals surface area (Å²) in [6.07, 6.45) is 4.96. The van der Waals surface area contributed by atoms with Gasteiger partial charge in [0.2, 0.25) is 5.91 Å². The highest BCUT2D eigenvalue weighted by Crippen LogP contribution is 2.38. The Morgan fingerprint density at radius 2 is 2.03 bits per heavy atom. The molecule has 0 radical (unpaired) electrons. The van der Waals surface area contributed by atoms with E-state index < -0.39 is 5.54 Å². The summed E-state index contributed by atoms with van der Waals surface area (Å²) >= 11 is 1.60. The maximum Gasteiger partial charge on any atom is 0.325 e. The quantitative estimate of drug-likeness (QED) is 0.597. The highest BCUT2D eigenvalue weighted by Gasteiger charge is 2.55. The average molecular weight is 469 g/mol. The predicted octanol–water partition coefficient (Wildman–Crippen LogP) is 3.85. The Kier molecular flexibility index (Phi) is 7.12. The molecule has 176 valence electrons. The van der Waals surface area contributed by atoms with Crippen LogP contribution in [0, 0.1) is 11.8 Å². The van der Waals surface area contributed by atoms with E-state index in [1.807, 2.05) is 39.9 Å². The lowest BCUT2D eigenvalue weighted by molar-refractivity contribution is -0.136. The second kappa shape index (κ2) is 10.0. The average Bonchev–Trinajstić information content (AvgIpc) is 3.41. The van der Waals surface area contributed by atoms with Gasteiger partial charge in [-0.3, -0.25) is 19.5 Å². The van der Waals surface area contributed by atoms with E-state index in [2.05, 4.69) is 24.1 Å². The highest BCUT2D eigenvalue weighted by molar-refractivity contribution is 7.08. The number of nitrogens with one attached hydrogen (secondary N) is 1. The maximum absolute atomic E-state index is 13.7. The molecule has 4 amide bonds. The van der Waals surface area contributed by atoms with Gasteiger partial charge in [-0.15, -0.1) is 0 Å². The fraction of sp³-hybridized carbons (Fsp3) is 0.520. The number of likely N-dealkylation sites (tertiary alicyclic amines) is 1. The van der Waals surface area contributed by atoms with Crippen molar-refractivity contribution in [2.24, 2.45) is 11.8 Å². The molecule has 0 spiro atoms. The summed E-state index contributed by atoms with van der Waals surface area (Å²) in [7, 11) is 0. The van der Waals surface area contributed by atoms with E-state index in [0.717, 1.165) is 12.0 Å². The molecule has 8 heteroatoms. The molecular formula is C25H32N4O3S. The van der Waals surface area contributed by atoms with Gasteiger partial charge >= 0.3 is 6.03 Å². The van der Waals surface area contributed by atoms with E-state index >= 15 is 0 Å². The fourth-order valence-electron chi connectivity index (χ4n) is 4.91. The van der Waals surface area contributed by atoms with Crippen LogP contribution in [0.3, 0.4) is 0 Å². The number of rotatable bonds is 8. The van der Waals surface area contributed by atoms with Crippen molar-refractivity contribution in [1.29, 1.82) is 0 Å². The lowest BCUT2D eigenvalue weighted by atomic mass is 9.73. The number of hydrogen-bond acceptors (Lipinski definition) is 5. The second-order valence-corrected chi connectivity index (χ2v) is 10.3. The molecule has 2 aromatic rings. The van der Waals surface area contributed by atoms with Crippen molar-refractivity contribution in [1.82, 2.24) is 20.1 Å². The predicted molar refractivity (Wildman–Crippen MR) is 127 cm³/mol. The molecule has 2 aromatic heterocycles. The van der Waals surface area contributed by atoms with Crippen molar-refractivity contribution in [3.05, 3.63) is 52.5 Å². The van der Waals surface area contributed by atoms with Crippen LogP contribution in [0.5, 0.6) is 0 Å². The van der Waals surface area contributed by atoms with Gasteiger partial charge in [0.1, 0.15) is 5.54 Å². The molecule has 2 aliphatic heterocycles. The minimum Gasteiger partial charge on any atom is -0.342 e. The van der Waals surface area contributed by atoms with Crippen molar-refractivity contribution < 1.29 is 14.4 Å². The summed E-state index contributed by atoms with van der Waals surface area (Å²) in [4.78, 5) is 46.9. The SMILES string of the molecule is CC(C)CC[C@@]1(C2CCN(C(=O)Cc3ccsc3)CC2)NC(=O)N(Cc2ccccn2)C1=O. The highest BCUT2D eigenvalue weighted by atomic mass is 32.1. The van der Waals surface area contributed by atoms with E-state index in [9.17, 15) is 14.4 Å². The molecule has 0 bridgehead atoms. The van der Waals surface area contributed by atoms with Crippen molar-refractivity contribution in [3.63, 3.8) is 0 Å². The molecule has 7 nitrogen and oxygen atoms in total. The van der Waals surface area contributed by atoms with Crippen molar-refractivity contribution in [2.75, 3.05) is 13.1 Å². The van der Waals surface area contributed by atoms with Gasteiger partial charge in [0.05, 0.1) is 18.7 Å². The van der Waals surface area contributed by atoms with Crippen LogP contribution in [-0.2, 0) is 22.6 Å². The Morgan fingerprint density at radius 1 is 1.24 bits per heavy atom. The van der Waals surface area contributed by atoms with Gasteiger partial charge < -0.3 is 10.2 Å². The van der Waals surface area contributed by atoms with E-state index in [0.29, 0.717) is 50.4 Å². The van der Waals surface area contributed by atoms with Crippen LogP contribution in [0.1, 0.15) is 50.8 Å². The Hall–Kier alpha value is -2.74. The van der Waals surface area contributed by atoms with Gasteiger partial charge in [0.25, 0.3) is 5.91 Å². The number of imide groups is 1. The number of hydrogen-bond donors (Lipinski definition) is 1. The molecule has 0 saturated carbocycles. The lowest BCUT2D eigenvalue weighted by Gasteiger charge is -2.41. The third-order valence-electron chi connectivity index (χ3n) is 6.84. The standard InChI is InChI=1S/C25H32N4O3S/c1-18(2)6-10-25(23(31)29(24(32)27-25)16-21-5-3-4-11-26-21)20-7-12-28(13-8-20)22(30)15-19-9-14-33-17-19/h3-5,9,11,14,17-18,20H,6-8,10,12-13,15-16H2,1-2H3,(H,27,32)/t25-/m0/s1. The second-order valence-electron chi connectivity index (χ2n) is 9.51. The first-order valence-corrected chi connectivity index (χ1v) is 12.7. The topological polar surface area (TPSA) is 82.6 Å². The van der Waals surface area contributed by atoms with Gasteiger partial charge in [0.15, 0.2) is 0 Å². The molecule has 0 aromatic carbocycles. The molecule has 1 atom stereocenters. The smallest absolute Gasteiger partial charge is 0.325 e. The molecule has 2 fully saturated rings. The molecule has 2 saturated heterocycles. The summed E-state index contributed by atoms with van der Waals surface area (Å²) in [5.74, 6) is 0.402. The summed E-state index contributed by atoms with van der Waals surface area (Å²) in [5, 5.41) is 7.09. The number of piperidine rings is 1. The molecular weight excluding hydrogens is 436 g/mol. The number of carbonyl (C=O) groups is 3. The van der Waals surface area contributed by atoms with Gasteiger partial charge in [-0.05, 0) is 72.0 Å². The Balaban J connectivity index is 1.47. The Morgan fingerprint density at radius 3 is 2.67 bits per heavy atom. The van der Waals surface area contributed by atoms with E-state index in [1.54, 1.807) is 17.5 Å². The number of pyridine rings is 1. The van der Waals surface area contributed by atoms with Crippen molar-refractivity contribution in [3.8, 4) is 0 Å². The van der Waals surface area contributed by atoms with Crippen LogP contribution in [0.15, 0.2) is 41.2 Å². The van der Waals surface area contributed by atoms with E-state index in [4.69, 9.17) is 0 Å². The first-order valence-electron chi connectivity index (χ1n) is 11.7. The zero-order valence-electron chi connectivity index (χ0n) is 19.3.